The minimum Gasteiger partial charge on any atom is -0.373 e. The van der Waals surface area contributed by atoms with Gasteiger partial charge in [0.25, 0.3) is 0 Å². The first-order chi connectivity index (χ1) is 9.62. The second-order valence-corrected chi connectivity index (χ2v) is 5.83. The Balaban J connectivity index is 1.97. The van der Waals surface area contributed by atoms with E-state index in [2.05, 4.69) is 46.3 Å². The van der Waals surface area contributed by atoms with Crippen LogP contribution < -0.4 is 10.6 Å². The van der Waals surface area contributed by atoms with Gasteiger partial charge >= 0.3 is 0 Å². The van der Waals surface area contributed by atoms with Crippen LogP contribution in [-0.2, 0) is 0 Å². The van der Waals surface area contributed by atoms with Gasteiger partial charge in [0.15, 0.2) is 0 Å². The third kappa shape index (κ3) is 3.82. The Morgan fingerprint density at radius 3 is 2.70 bits per heavy atom. The van der Waals surface area contributed by atoms with Crippen LogP contribution in [0.5, 0.6) is 0 Å². The van der Waals surface area contributed by atoms with E-state index < -0.39 is 0 Å². The standard InChI is InChI=1S/C15H27N5/c1-5-20-7-6-12(10-20)9-17-14-8-13(16-4)18-15(19-14)11(2)3/h8,11-12H,5-7,9-10H2,1-4H3,(H2,16,17,18,19). The van der Waals surface area contributed by atoms with Crippen LogP contribution in [0.15, 0.2) is 6.07 Å². The lowest BCUT2D eigenvalue weighted by molar-refractivity contribution is 0.345. The van der Waals surface area contributed by atoms with Crippen molar-refractivity contribution in [3.63, 3.8) is 0 Å². The van der Waals surface area contributed by atoms with E-state index in [9.17, 15) is 0 Å². The monoisotopic (exact) mass is 277 g/mol. The average Bonchev–Trinajstić information content (AvgIpc) is 2.92. The molecule has 1 saturated heterocycles. The molecule has 112 valence electrons. The molecule has 5 heteroatoms. The van der Waals surface area contributed by atoms with Gasteiger partial charge in [0.2, 0.25) is 0 Å². The second-order valence-electron chi connectivity index (χ2n) is 5.83. The predicted molar refractivity (Wildman–Crippen MR) is 84.4 cm³/mol. The van der Waals surface area contributed by atoms with Gasteiger partial charge in [0.1, 0.15) is 17.5 Å². The molecule has 2 heterocycles. The lowest BCUT2D eigenvalue weighted by Crippen LogP contribution is -2.22. The summed E-state index contributed by atoms with van der Waals surface area (Å²) in [4.78, 5) is 11.6. The Morgan fingerprint density at radius 1 is 1.35 bits per heavy atom. The van der Waals surface area contributed by atoms with Crippen LogP contribution in [0, 0.1) is 5.92 Å². The number of likely N-dealkylation sites (tertiary alicyclic amines) is 1. The minimum absolute atomic E-state index is 0.339. The van der Waals surface area contributed by atoms with E-state index in [0.29, 0.717) is 5.92 Å². The van der Waals surface area contributed by atoms with Gasteiger partial charge in [-0.05, 0) is 25.4 Å². The van der Waals surface area contributed by atoms with Crippen LogP contribution in [0.4, 0.5) is 11.6 Å². The zero-order valence-electron chi connectivity index (χ0n) is 13.1. The molecule has 1 aromatic heterocycles. The summed E-state index contributed by atoms with van der Waals surface area (Å²) in [6.45, 7) is 11.0. The molecule has 0 spiro atoms. The average molecular weight is 277 g/mol. The van der Waals surface area contributed by atoms with Crippen LogP contribution in [0.25, 0.3) is 0 Å². The Bertz CT molecular complexity index is 432. The number of nitrogens with zero attached hydrogens (tertiary/aromatic N) is 3. The minimum atomic E-state index is 0.339. The highest BCUT2D eigenvalue weighted by Gasteiger charge is 2.21. The molecule has 1 unspecified atom stereocenters. The molecule has 0 amide bonds. The third-order valence-electron chi connectivity index (χ3n) is 3.91. The maximum Gasteiger partial charge on any atom is 0.135 e. The first-order valence-electron chi connectivity index (χ1n) is 7.65. The molecule has 1 aromatic rings. The van der Waals surface area contributed by atoms with Crippen LogP contribution in [0.3, 0.4) is 0 Å². The van der Waals surface area contributed by atoms with Crippen molar-refractivity contribution >= 4 is 11.6 Å². The lowest BCUT2D eigenvalue weighted by Gasteiger charge is -2.15. The maximum atomic E-state index is 4.61. The Kier molecular flexibility index (Phi) is 5.17. The number of anilines is 2. The number of hydrogen-bond donors (Lipinski definition) is 2. The summed E-state index contributed by atoms with van der Waals surface area (Å²) >= 11 is 0. The summed E-state index contributed by atoms with van der Waals surface area (Å²) in [5.41, 5.74) is 0. The first kappa shape index (κ1) is 15.0. The number of aromatic nitrogens is 2. The summed E-state index contributed by atoms with van der Waals surface area (Å²) in [6.07, 6.45) is 1.28. The topological polar surface area (TPSA) is 53.1 Å². The van der Waals surface area contributed by atoms with E-state index in [1.807, 2.05) is 13.1 Å². The molecule has 0 aromatic carbocycles. The van der Waals surface area contributed by atoms with Crippen LogP contribution >= 0.6 is 0 Å². The molecular weight excluding hydrogens is 250 g/mol. The normalized spacial score (nSPS) is 19.6. The van der Waals surface area contributed by atoms with Gasteiger partial charge < -0.3 is 15.5 Å². The quantitative estimate of drug-likeness (QED) is 0.836. The molecule has 2 N–H and O–H groups in total. The van der Waals surface area contributed by atoms with Crippen molar-refractivity contribution in [2.75, 3.05) is 43.9 Å². The molecular formula is C15H27N5. The molecule has 1 aliphatic rings. The van der Waals surface area contributed by atoms with Crippen molar-refractivity contribution in [1.29, 1.82) is 0 Å². The molecule has 1 aliphatic heterocycles. The molecule has 0 bridgehead atoms. The summed E-state index contributed by atoms with van der Waals surface area (Å²) in [5, 5.41) is 6.59. The molecule has 0 aliphatic carbocycles. The van der Waals surface area contributed by atoms with Gasteiger partial charge in [-0.25, -0.2) is 9.97 Å². The van der Waals surface area contributed by atoms with E-state index in [0.717, 1.165) is 36.5 Å². The van der Waals surface area contributed by atoms with E-state index in [4.69, 9.17) is 0 Å². The largest absolute Gasteiger partial charge is 0.373 e. The van der Waals surface area contributed by atoms with Gasteiger partial charge in [0.05, 0.1) is 0 Å². The fourth-order valence-electron chi connectivity index (χ4n) is 2.56. The van der Waals surface area contributed by atoms with E-state index in [1.165, 1.54) is 19.5 Å². The second kappa shape index (κ2) is 6.88. The van der Waals surface area contributed by atoms with E-state index in [1.54, 1.807) is 0 Å². The van der Waals surface area contributed by atoms with Crippen LogP contribution in [0.1, 0.15) is 38.9 Å². The van der Waals surface area contributed by atoms with Crippen LogP contribution in [-0.4, -0.2) is 48.1 Å². The number of rotatable bonds is 6. The van der Waals surface area contributed by atoms with Crippen molar-refractivity contribution in [1.82, 2.24) is 14.9 Å². The summed E-state index contributed by atoms with van der Waals surface area (Å²) in [6, 6.07) is 1.98. The Hall–Kier alpha value is -1.36. The zero-order valence-corrected chi connectivity index (χ0v) is 13.1. The Labute approximate surface area is 122 Å². The van der Waals surface area contributed by atoms with Gasteiger partial charge in [-0.15, -0.1) is 0 Å². The molecule has 20 heavy (non-hydrogen) atoms. The summed E-state index contributed by atoms with van der Waals surface area (Å²) in [7, 11) is 1.90. The number of nitrogens with one attached hydrogen (secondary N) is 2. The van der Waals surface area contributed by atoms with Gasteiger partial charge in [-0.1, -0.05) is 20.8 Å². The molecule has 0 radical (unpaired) electrons. The lowest BCUT2D eigenvalue weighted by atomic mass is 10.1. The molecule has 2 rings (SSSR count). The zero-order chi connectivity index (χ0) is 14.5. The van der Waals surface area contributed by atoms with E-state index >= 15 is 0 Å². The summed E-state index contributed by atoms with van der Waals surface area (Å²) in [5.74, 6) is 3.77. The fourth-order valence-corrected chi connectivity index (χ4v) is 2.56. The highest BCUT2D eigenvalue weighted by Crippen LogP contribution is 2.19. The van der Waals surface area contributed by atoms with Gasteiger partial charge in [-0.2, -0.15) is 0 Å². The van der Waals surface area contributed by atoms with Gasteiger partial charge in [-0.3, -0.25) is 0 Å². The van der Waals surface area contributed by atoms with Crippen LogP contribution in [0.2, 0.25) is 0 Å². The predicted octanol–water partition coefficient (Wildman–Crippen LogP) is 2.40. The molecule has 1 atom stereocenters. The maximum absolute atomic E-state index is 4.61. The van der Waals surface area contributed by atoms with Crippen molar-refractivity contribution in [3.05, 3.63) is 11.9 Å². The van der Waals surface area contributed by atoms with Crippen molar-refractivity contribution in [2.45, 2.75) is 33.1 Å². The Morgan fingerprint density at radius 2 is 2.10 bits per heavy atom. The van der Waals surface area contributed by atoms with Crippen molar-refractivity contribution < 1.29 is 0 Å². The van der Waals surface area contributed by atoms with Crippen molar-refractivity contribution in [3.8, 4) is 0 Å². The number of hydrogen-bond acceptors (Lipinski definition) is 5. The SMILES string of the molecule is CCN1CCC(CNc2cc(NC)nc(C(C)C)n2)C1. The molecule has 5 nitrogen and oxygen atoms in total. The smallest absolute Gasteiger partial charge is 0.135 e. The summed E-state index contributed by atoms with van der Waals surface area (Å²) < 4.78 is 0. The fraction of sp³-hybridized carbons (Fsp3) is 0.733. The highest BCUT2D eigenvalue weighted by atomic mass is 15.1. The molecule has 0 saturated carbocycles. The third-order valence-corrected chi connectivity index (χ3v) is 3.91. The van der Waals surface area contributed by atoms with E-state index in [-0.39, 0.29) is 0 Å². The highest BCUT2D eigenvalue weighted by molar-refractivity contribution is 5.47. The first-order valence-corrected chi connectivity index (χ1v) is 7.65. The van der Waals surface area contributed by atoms with Crippen molar-refractivity contribution in [2.24, 2.45) is 5.92 Å². The van der Waals surface area contributed by atoms with Gasteiger partial charge in [0, 0.05) is 32.1 Å². The molecule has 1 fully saturated rings.